The van der Waals surface area contributed by atoms with E-state index in [0.29, 0.717) is 22.3 Å². The number of aryl methyl sites for hydroxylation is 1. The summed E-state index contributed by atoms with van der Waals surface area (Å²) >= 11 is 3.36. The first-order valence-electron chi connectivity index (χ1n) is 14.3. The van der Waals surface area contributed by atoms with Gasteiger partial charge in [0.1, 0.15) is 24.2 Å². The van der Waals surface area contributed by atoms with E-state index < -0.39 is 34.3 Å². The maximum atomic E-state index is 14.4. The number of ether oxygens (including phenoxy) is 1. The molecule has 1 unspecified atom stereocenters. The molecular weight excluding hydrogens is 661 g/mol. The van der Waals surface area contributed by atoms with Crippen LogP contribution in [0, 0.1) is 12.7 Å². The number of methoxy groups -OCH3 is 1. The third kappa shape index (κ3) is 8.49. The molecular formula is C34H35BrFN3O5S. The first kappa shape index (κ1) is 33.7. The molecule has 0 spiro atoms. The van der Waals surface area contributed by atoms with Crippen LogP contribution in [0.1, 0.15) is 23.6 Å². The maximum absolute atomic E-state index is 14.4. The summed E-state index contributed by atoms with van der Waals surface area (Å²) in [5.74, 6) is -0.990. The minimum atomic E-state index is -4.29. The summed E-state index contributed by atoms with van der Waals surface area (Å²) in [6, 6.07) is 25.0. The van der Waals surface area contributed by atoms with E-state index in [9.17, 15) is 22.4 Å². The Kier molecular flexibility index (Phi) is 11.4. The molecule has 4 aromatic carbocycles. The van der Waals surface area contributed by atoms with Gasteiger partial charge in [0.2, 0.25) is 11.8 Å². The topological polar surface area (TPSA) is 96.0 Å². The highest BCUT2D eigenvalue weighted by molar-refractivity contribution is 9.10. The van der Waals surface area contributed by atoms with E-state index in [1.54, 1.807) is 31.2 Å². The van der Waals surface area contributed by atoms with E-state index in [1.165, 1.54) is 54.5 Å². The minimum absolute atomic E-state index is 0.0520. The van der Waals surface area contributed by atoms with E-state index in [0.717, 1.165) is 15.4 Å². The number of nitrogens with zero attached hydrogens (tertiary/aromatic N) is 2. The van der Waals surface area contributed by atoms with Crippen molar-refractivity contribution < 1.29 is 27.1 Å². The zero-order valence-electron chi connectivity index (χ0n) is 25.2. The first-order valence-corrected chi connectivity index (χ1v) is 16.5. The lowest BCUT2D eigenvalue weighted by atomic mass is 10.0. The second kappa shape index (κ2) is 15.2. The van der Waals surface area contributed by atoms with Crippen LogP contribution in [0.15, 0.2) is 106 Å². The smallest absolute Gasteiger partial charge is 0.264 e. The molecule has 2 amide bonds. The largest absolute Gasteiger partial charge is 0.496 e. The number of sulfonamides is 1. The standard InChI is InChI=1S/C34H35BrFN3O5S/c1-4-37-34(41)31(20-25-8-6-5-7-9-25)38(22-26-12-14-27(36)15-13-26)33(40)23-39(28-16-10-24(2)11-17-28)45(42,43)29-18-19-32(44-3)30(35)21-29/h5-19,21,31H,4,20,22-23H2,1-3H3,(H,37,41). The van der Waals surface area contributed by atoms with Crippen LogP contribution >= 0.6 is 15.9 Å². The Morgan fingerprint density at radius 1 is 0.933 bits per heavy atom. The van der Waals surface area contributed by atoms with Crippen LogP contribution in [-0.2, 0) is 32.6 Å². The fourth-order valence-corrected chi connectivity index (χ4v) is 6.94. The number of hydrogen-bond donors (Lipinski definition) is 1. The van der Waals surface area contributed by atoms with Crippen LogP contribution in [0.4, 0.5) is 10.1 Å². The third-order valence-electron chi connectivity index (χ3n) is 7.20. The molecule has 11 heteroatoms. The minimum Gasteiger partial charge on any atom is -0.496 e. The molecule has 0 heterocycles. The molecule has 0 aliphatic heterocycles. The van der Waals surface area contributed by atoms with Crippen molar-refractivity contribution in [1.82, 2.24) is 10.2 Å². The van der Waals surface area contributed by atoms with Crippen molar-refractivity contribution >= 4 is 43.5 Å². The number of benzene rings is 4. The predicted molar refractivity (Wildman–Crippen MR) is 176 cm³/mol. The molecule has 0 saturated heterocycles. The molecule has 0 fully saturated rings. The Bertz CT molecular complexity index is 1720. The summed E-state index contributed by atoms with van der Waals surface area (Å²) in [5.41, 5.74) is 2.58. The van der Waals surface area contributed by atoms with Gasteiger partial charge in [0.25, 0.3) is 10.0 Å². The molecule has 45 heavy (non-hydrogen) atoms. The quantitative estimate of drug-likeness (QED) is 0.189. The molecule has 0 saturated carbocycles. The average molecular weight is 697 g/mol. The number of rotatable bonds is 13. The highest BCUT2D eigenvalue weighted by Crippen LogP contribution is 2.31. The van der Waals surface area contributed by atoms with Crippen molar-refractivity contribution in [3.63, 3.8) is 0 Å². The average Bonchev–Trinajstić information content (AvgIpc) is 3.03. The molecule has 236 valence electrons. The molecule has 1 atom stereocenters. The zero-order chi connectivity index (χ0) is 32.6. The zero-order valence-corrected chi connectivity index (χ0v) is 27.6. The molecule has 0 aliphatic carbocycles. The Hall–Kier alpha value is -4.22. The van der Waals surface area contributed by atoms with Gasteiger partial charge in [-0.3, -0.25) is 13.9 Å². The van der Waals surface area contributed by atoms with Gasteiger partial charge in [-0.2, -0.15) is 0 Å². The molecule has 4 aromatic rings. The number of hydrogen-bond acceptors (Lipinski definition) is 5. The fourth-order valence-electron chi connectivity index (χ4n) is 4.81. The fraction of sp³-hybridized carbons (Fsp3) is 0.235. The Balaban J connectivity index is 1.80. The van der Waals surface area contributed by atoms with Gasteiger partial charge in [-0.05, 0) is 83.4 Å². The Labute approximate surface area is 272 Å². The molecule has 1 N–H and O–H groups in total. The van der Waals surface area contributed by atoms with Gasteiger partial charge in [0.15, 0.2) is 0 Å². The van der Waals surface area contributed by atoms with E-state index in [-0.39, 0.29) is 29.5 Å². The number of amides is 2. The maximum Gasteiger partial charge on any atom is 0.264 e. The Morgan fingerprint density at radius 3 is 2.20 bits per heavy atom. The molecule has 4 rings (SSSR count). The summed E-state index contributed by atoms with van der Waals surface area (Å²) in [5, 5.41) is 2.82. The predicted octanol–water partition coefficient (Wildman–Crippen LogP) is 5.88. The number of nitrogens with one attached hydrogen (secondary N) is 1. The highest BCUT2D eigenvalue weighted by Gasteiger charge is 2.34. The molecule has 0 aliphatic rings. The molecule has 8 nitrogen and oxygen atoms in total. The number of halogens is 2. The van der Waals surface area contributed by atoms with E-state index in [2.05, 4.69) is 21.2 Å². The SMILES string of the molecule is CCNC(=O)C(Cc1ccccc1)N(Cc1ccc(F)cc1)C(=O)CN(c1ccc(C)cc1)S(=O)(=O)c1ccc(OC)c(Br)c1. The van der Waals surface area contributed by atoms with Crippen molar-refractivity contribution in [3.8, 4) is 5.75 Å². The van der Waals surface area contributed by atoms with Crippen LogP contribution in [0.5, 0.6) is 5.75 Å². The molecule has 0 bridgehead atoms. The second-order valence-corrected chi connectivity index (χ2v) is 13.1. The van der Waals surface area contributed by atoms with Crippen molar-refractivity contribution in [2.24, 2.45) is 0 Å². The van der Waals surface area contributed by atoms with Crippen molar-refractivity contribution in [2.45, 2.75) is 37.8 Å². The summed E-state index contributed by atoms with van der Waals surface area (Å²) in [4.78, 5) is 29.2. The normalized spacial score (nSPS) is 11.8. The number of carbonyl (C=O) groups excluding carboxylic acids is 2. The van der Waals surface area contributed by atoms with Crippen LogP contribution in [0.25, 0.3) is 0 Å². The van der Waals surface area contributed by atoms with Crippen LogP contribution < -0.4 is 14.4 Å². The van der Waals surface area contributed by atoms with Gasteiger partial charge in [-0.25, -0.2) is 12.8 Å². The lowest BCUT2D eigenvalue weighted by molar-refractivity contribution is -0.140. The van der Waals surface area contributed by atoms with Gasteiger partial charge in [0, 0.05) is 19.5 Å². The van der Waals surface area contributed by atoms with E-state index in [1.807, 2.05) is 37.3 Å². The van der Waals surface area contributed by atoms with Crippen LogP contribution in [0.2, 0.25) is 0 Å². The number of anilines is 1. The van der Waals surface area contributed by atoms with Gasteiger partial charge in [-0.15, -0.1) is 0 Å². The van der Waals surface area contributed by atoms with E-state index >= 15 is 0 Å². The molecule has 0 aromatic heterocycles. The second-order valence-electron chi connectivity index (χ2n) is 10.4. The first-order chi connectivity index (χ1) is 21.5. The summed E-state index contributed by atoms with van der Waals surface area (Å²) < 4.78 is 48.9. The monoisotopic (exact) mass is 695 g/mol. The van der Waals surface area contributed by atoms with Gasteiger partial charge in [0.05, 0.1) is 22.2 Å². The van der Waals surface area contributed by atoms with Crippen molar-refractivity contribution in [2.75, 3.05) is 24.5 Å². The highest BCUT2D eigenvalue weighted by atomic mass is 79.9. The summed E-state index contributed by atoms with van der Waals surface area (Å²) in [6.45, 7) is 3.34. The van der Waals surface area contributed by atoms with Crippen LogP contribution in [0.3, 0.4) is 0 Å². The Morgan fingerprint density at radius 2 is 1.60 bits per heavy atom. The van der Waals surface area contributed by atoms with Gasteiger partial charge in [-0.1, -0.05) is 60.2 Å². The van der Waals surface area contributed by atoms with E-state index in [4.69, 9.17) is 4.74 Å². The lowest BCUT2D eigenvalue weighted by Gasteiger charge is -2.34. The summed E-state index contributed by atoms with van der Waals surface area (Å²) in [7, 11) is -2.81. The van der Waals surface area contributed by atoms with Gasteiger partial charge < -0.3 is 15.0 Å². The number of carbonyl (C=O) groups is 2. The van der Waals surface area contributed by atoms with Crippen LogP contribution in [-0.4, -0.2) is 51.4 Å². The molecule has 0 radical (unpaired) electrons. The lowest BCUT2D eigenvalue weighted by Crippen LogP contribution is -2.53. The third-order valence-corrected chi connectivity index (χ3v) is 9.59. The van der Waals surface area contributed by atoms with Crippen molar-refractivity contribution in [3.05, 3.63) is 124 Å². The van der Waals surface area contributed by atoms with Gasteiger partial charge >= 0.3 is 0 Å². The summed E-state index contributed by atoms with van der Waals surface area (Å²) in [6.07, 6.45) is 0.183. The number of likely N-dealkylation sites (N-methyl/N-ethyl adjacent to an activating group) is 1. The van der Waals surface area contributed by atoms with Crippen molar-refractivity contribution in [1.29, 1.82) is 0 Å².